The molecule has 0 aromatic carbocycles. The van der Waals surface area contributed by atoms with Crippen molar-refractivity contribution in [2.24, 2.45) is 46.3 Å². The minimum atomic E-state index is 0.398. The largest absolute Gasteiger partial charge is 0.330 e. The first-order valence-electron chi connectivity index (χ1n) is 7.29. The maximum atomic E-state index is 6.14. The van der Waals surface area contributed by atoms with E-state index >= 15 is 0 Å². The molecule has 2 fully saturated rings. The van der Waals surface area contributed by atoms with Gasteiger partial charge in [-0.25, -0.2) is 0 Å². The quantitative estimate of drug-likeness (QED) is 0.654. The van der Waals surface area contributed by atoms with E-state index in [0.29, 0.717) is 5.41 Å². The smallest absolute Gasteiger partial charge is 0.00152 e. The SMILES string of the molecule is CC1C2CC(CC2CCN)C1(CN)CCCN. The summed E-state index contributed by atoms with van der Waals surface area (Å²) in [5.74, 6) is 3.37. The molecule has 0 spiro atoms. The summed E-state index contributed by atoms with van der Waals surface area (Å²) in [6, 6.07) is 0. The van der Waals surface area contributed by atoms with Gasteiger partial charge >= 0.3 is 0 Å². The van der Waals surface area contributed by atoms with Crippen molar-refractivity contribution in [1.82, 2.24) is 0 Å². The summed E-state index contributed by atoms with van der Waals surface area (Å²) in [6.45, 7) is 4.93. The van der Waals surface area contributed by atoms with Crippen LogP contribution in [-0.2, 0) is 0 Å². The van der Waals surface area contributed by atoms with Gasteiger partial charge in [0.1, 0.15) is 0 Å². The molecule has 6 N–H and O–H groups in total. The van der Waals surface area contributed by atoms with Gasteiger partial charge in [0.05, 0.1) is 0 Å². The van der Waals surface area contributed by atoms with E-state index in [1.807, 2.05) is 0 Å². The lowest BCUT2D eigenvalue weighted by Crippen LogP contribution is -2.44. The van der Waals surface area contributed by atoms with Crippen LogP contribution in [-0.4, -0.2) is 19.6 Å². The highest BCUT2D eigenvalue weighted by molar-refractivity contribution is 5.07. The first-order valence-corrected chi connectivity index (χ1v) is 7.29. The topological polar surface area (TPSA) is 78.1 Å². The monoisotopic (exact) mass is 239 g/mol. The number of fused-ring (bicyclic) bond motifs is 2. The van der Waals surface area contributed by atoms with Crippen molar-refractivity contribution in [2.75, 3.05) is 19.6 Å². The second-order valence-electron chi connectivity index (χ2n) is 6.29. The van der Waals surface area contributed by atoms with Crippen molar-refractivity contribution in [2.45, 2.75) is 39.0 Å². The average Bonchev–Trinajstić information content (AvgIpc) is 2.85. The predicted octanol–water partition coefficient (Wildman–Crippen LogP) is 1.31. The van der Waals surface area contributed by atoms with Gasteiger partial charge in [-0.1, -0.05) is 6.92 Å². The summed E-state index contributed by atoms with van der Waals surface area (Å²) in [4.78, 5) is 0. The Morgan fingerprint density at radius 2 is 1.88 bits per heavy atom. The number of hydrogen-bond donors (Lipinski definition) is 3. The second kappa shape index (κ2) is 5.25. The van der Waals surface area contributed by atoms with Gasteiger partial charge in [0, 0.05) is 0 Å². The predicted molar refractivity (Wildman–Crippen MR) is 72.3 cm³/mol. The molecule has 5 atom stereocenters. The molecule has 2 aliphatic rings. The van der Waals surface area contributed by atoms with Crippen LogP contribution in [0, 0.1) is 29.1 Å². The van der Waals surface area contributed by atoms with E-state index in [0.717, 1.165) is 49.7 Å². The van der Waals surface area contributed by atoms with Crippen LogP contribution in [0.15, 0.2) is 0 Å². The zero-order valence-electron chi connectivity index (χ0n) is 11.2. The van der Waals surface area contributed by atoms with E-state index in [-0.39, 0.29) is 0 Å². The van der Waals surface area contributed by atoms with Gasteiger partial charge in [0.25, 0.3) is 0 Å². The van der Waals surface area contributed by atoms with E-state index < -0.39 is 0 Å². The van der Waals surface area contributed by atoms with Crippen molar-refractivity contribution in [3.63, 3.8) is 0 Å². The van der Waals surface area contributed by atoms with Crippen LogP contribution in [0.3, 0.4) is 0 Å². The van der Waals surface area contributed by atoms with Gasteiger partial charge in [0.2, 0.25) is 0 Å². The van der Waals surface area contributed by atoms with Crippen LogP contribution < -0.4 is 17.2 Å². The molecule has 3 nitrogen and oxygen atoms in total. The maximum Gasteiger partial charge on any atom is -0.00152 e. The van der Waals surface area contributed by atoms with E-state index in [9.17, 15) is 0 Å². The highest BCUT2D eigenvalue weighted by Crippen LogP contribution is 2.63. The molecule has 5 unspecified atom stereocenters. The van der Waals surface area contributed by atoms with Crippen LogP contribution in [0.2, 0.25) is 0 Å². The van der Waals surface area contributed by atoms with E-state index in [4.69, 9.17) is 17.2 Å². The molecule has 0 aliphatic heterocycles. The first-order chi connectivity index (χ1) is 8.19. The van der Waals surface area contributed by atoms with Gasteiger partial charge in [-0.15, -0.1) is 0 Å². The molecule has 2 bridgehead atoms. The van der Waals surface area contributed by atoms with Crippen LogP contribution >= 0.6 is 0 Å². The summed E-state index contributed by atoms with van der Waals surface area (Å²) in [7, 11) is 0. The summed E-state index contributed by atoms with van der Waals surface area (Å²) >= 11 is 0. The molecule has 2 saturated carbocycles. The summed E-state index contributed by atoms with van der Waals surface area (Å²) in [6.07, 6.45) is 6.34. The van der Waals surface area contributed by atoms with Gasteiger partial charge < -0.3 is 17.2 Å². The van der Waals surface area contributed by atoms with E-state index in [1.54, 1.807) is 0 Å². The molecule has 2 aliphatic carbocycles. The highest BCUT2D eigenvalue weighted by Gasteiger charge is 2.57. The summed E-state index contributed by atoms with van der Waals surface area (Å²) < 4.78 is 0. The Morgan fingerprint density at radius 3 is 2.41 bits per heavy atom. The molecule has 3 heteroatoms. The first kappa shape index (κ1) is 13.3. The Morgan fingerprint density at radius 1 is 1.12 bits per heavy atom. The average molecular weight is 239 g/mol. The molecule has 17 heavy (non-hydrogen) atoms. The third-order valence-corrected chi connectivity index (χ3v) is 5.88. The maximum absolute atomic E-state index is 6.14. The van der Waals surface area contributed by atoms with E-state index in [2.05, 4.69) is 6.92 Å². The van der Waals surface area contributed by atoms with Crippen LogP contribution in [0.25, 0.3) is 0 Å². The number of hydrogen-bond acceptors (Lipinski definition) is 3. The van der Waals surface area contributed by atoms with Gasteiger partial charge in [-0.05, 0) is 80.8 Å². The van der Waals surface area contributed by atoms with Crippen molar-refractivity contribution < 1.29 is 0 Å². The molecule has 100 valence electrons. The molecule has 0 aromatic rings. The molecule has 0 heterocycles. The van der Waals surface area contributed by atoms with Gasteiger partial charge in [-0.2, -0.15) is 0 Å². The summed E-state index contributed by atoms with van der Waals surface area (Å²) in [5, 5.41) is 0. The molecule has 0 aromatic heterocycles. The summed E-state index contributed by atoms with van der Waals surface area (Å²) in [5.41, 5.74) is 17.9. The molecule has 0 radical (unpaired) electrons. The molecule has 2 rings (SSSR count). The Balaban J connectivity index is 2.07. The zero-order valence-corrected chi connectivity index (χ0v) is 11.2. The van der Waals surface area contributed by atoms with Gasteiger partial charge in [-0.3, -0.25) is 0 Å². The van der Waals surface area contributed by atoms with Crippen LogP contribution in [0.5, 0.6) is 0 Å². The number of nitrogens with two attached hydrogens (primary N) is 3. The minimum absolute atomic E-state index is 0.398. The fourth-order valence-electron chi connectivity index (χ4n) is 4.90. The standard InChI is InChI=1S/C14H29N3/c1-10-13-8-12(7-11(13)3-6-16)14(10,9-17)4-2-5-15/h10-13H,2-9,15-17H2,1H3. The van der Waals surface area contributed by atoms with Crippen molar-refractivity contribution in [3.05, 3.63) is 0 Å². The van der Waals surface area contributed by atoms with Crippen LogP contribution in [0.4, 0.5) is 0 Å². The second-order valence-corrected chi connectivity index (χ2v) is 6.29. The fourth-order valence-corrected chi connectivity index (χ4v) is 4.90. The lowest BCUT2D eigenvalue weighted by Gasteiger charge is -2.45. The zero-order chi connectivity index (χ0) is 12.5. The van der Waals surface area contributed by atoms with Gasteiger partial charge in [0.15, 0.2) is 0 Å². The third-order valence-electron chi connectivity index (χ3n) is 5.88. The van der Waals surface area contributed by atoms with Crippen molar-refractivity contribution in [1.29, 1.82) is 0 Å². The Kier molecular flexibility index (Phi) is 4.11. The molecule has 0 amide bonds. The molecular weight excluding hydrogens is 210 g/mol. The molecular formula is C14H29N3. The van der Waals surface area contributed by atoms with E-state index in [1.165, 1.54) is 25.7 Å². The Hall–Kier alpha value is -0.120. The molecule has 0 saturated heterocycles. The minimum Gasteiger partial charge on any atom is -0.330 e. The Bertz CT molecular complexity index is 252. The lowest BCUT2D eigenvalue weighted by molar-refractivity contribution is 0.0549. The van der Waals surface area contributed by atoms with Crippen LogP contribution in [0.1, 0.15) is 39.0 Å². The number of rotatable bonds is 6. The Labute approximate surface area is 105 Å². The normalized spacial score (nSPS) is 44.5. The highest BCUT2D eigenvalue weighted by atomic mass is 14.7. The lowest BCUT2D eigenvalue weighted by atomic mass is 9.61. The van der Waals surface area contributed by atoms with Crippen molar-refractivity contribution >= 4 is 0 Å². The third kappa shape index (κ3) is 2.02. The van der Waals surface area contributed by atoms with Crippen molar-refractivity contribution in [3.8, 4) is 0 Å². The fraction of sp³-hybridized carbons (Fsp3) is 1.00.